The molecule has 0 aliphatic rings. The van der Waals surface area contributed by atoms with E-state index >= 15 is 0 Å². The van der Waals surface area contributed by atoms with Gasteiger partial charge in [0.25, 0.3) is 5.91 Å². The summed E-state index contributed by atoms with van der Waals surface area (Å²) in [7, 11) is 0. The number of imidazole rings is 1. The largest absolute Gasteiger partial charge is 0.477 e. The Morgan fingerprint density at radius 1 is 1.19 bits per heavy atom. The van der Waals surface area contributed by atoms with E-state index in [-0.39, 0.29) is 17.3 Å². The van der Waals surface area contributed by atoms with Crippen LogP contribution in [0.5, 0.6) is 0 Å². The van der Waals surface area contributed by atoms with Gasteiger partial charge in [-0.2, -0.15) is 0 Å². The molecule has 21 heavy (non-hydrogen) atoms. The summed E-state index contributed by atoms with van der Waals surface area (Å²) >= 11 is 0. The number of H-pyrrole nitrogens is 1. The van der Waals surface area contributed by atoms with Gasteiger partial charge in [-0.05, 0) is 33.0 Å². The van der Waals surface area contributed by atoms with Gasteiger partial charge in [0, 0.05) is 13.1 Å². The maximum absolute atomic E-state index is 12.3. The van der Waals surface area contributed by atoms with Crippen molar-refractivity contribution in [2.24, 2.45) is 0 Å². The molecule has 0 saturated heterocycles. The van der Waals surface area contributed by atoms with E-state index in [1.807, 2.05) is 6.92 Å². The summed E-state index contributed by atoms with van der Waals surface area (Å²) in [6, 6.07) is 0. The minimum Gasteiger partial charge on any atom is -0.477 e. The lowest BCUT2D eigenvalue weighted by molar-refractivity contribution is 0.0668. The van der Waals surface area contributed by atoms with Gasteiger partial charge in [0.05, 0.1) is 6.33 Å². The molecule has 0 aromatic carbocycles. The van der Waals surface area contributed by atoms with E-state index in [1.165, 1.54) is 6.33 Å². The van der Waals surface area contributed by atoms with Crippen LogP contribution in [0.15, 0.2) is 6.33 Å². The summed E-state index contributed by atoms with van der Waals surface area (Å²) in [6.45, 7) is 10.1. The third kappa shape index (κ3) is 4.56. The predicted molar refractivity (Wildman–Crippen MR) is 79.5 cm³/mol. The second-order valence-electron chi connectivity index (χ2n) is 4.70. The zero-order valence-electron chi connectivity index (χ0n) is 12.9. The number of carbonyl (C=O) groups is 2. The molecule has 0 fully saturated rings. The highest BCUT2D eigenvalue weighted by molar-refractivity contribution is 6.02. The molecule has 1 aromatic heterocycles. The van der Waals surface area contributed by atoms with Gasteiger partial charge < -0.3 is 19.9 Å². The molecule has 1 aromatic rings. The molecule has 1 amide bonds. The lowest BCUT2D eigenvalue weighted by atomic mass is 10.2. The SMILES string of the molecule is CCN(CC)CCCN(CC)C(=O)c1nc[nH]c1C(=O)O. The number of carboxylic acid groups (broad SMARTS) is 1. The standard InChI is InChI=1S/C14H24N4O3/c1-4-17(5-2)8-7-9-18(6-3)13(19)11-12(14(20)21)16-10-15-11/h10H,4-9H2,1-3H3,(H,15,16)(H,20,21). The van der Waals surface area contributed by atoms with Crippen LogP contribution in [0.2, 0.25) is 0 Å². The van der Waals surface area contributed by atoms with E-state index in [4.69, 9.17) is 5.11 Å². The fraction of sp³-hybridized carbons (Fsp3) is 0.643. The summed E-state index contributed by atoms with van der Waals surface area (Å²) in [5.74, 6) is -1.51. The zero-order chi connectivity index (χ0) is 15.8. The first-order valence-corrected chi connectivity index (χ1v) is 7.33. The number of aromatic carboxylic acids is 1. The van der Waals surface area contributed by atoms with Crippen molar-refractivity contribution in [3.8, 4) is 0 Å². The van der Waals surface area contributed by atoms with Crippen molar-refractivity contribution in [1.29, 1.82) is 0 Å². The van der Waals surface area contributed by atoms with Crippen LogP contribution in [0.1, 0.15) is 48.2 Å². The average molecular weight is 296 g/mol. The van der Waals surface area contributed by atoms with Crippen LogP contribution in [-0.4, -0.2) is 69.5 Å². The minimum absolute atomic E-state index is 0.0211. The zero-order valence-corrected chi connectivity index (χ0v) is 12.9. The molecule has 2 N–H and O–H groups in total. The molecule has 118 valence electrons. The van der Waals surface area contributed by atoms with E-state index in [1.54, 1.807) is 4.90 Å². The number of carbonyl (C=O) groups excluding carboxylic acids is 1. The Morgan fingerprint density at radius 2 is 1.86 bits per heavy atom. The van der Waals surface area contributed by atoms with E-state index in [9.17, 15) is 9.59 Å². The summed E-state index contributed by atoms with van der Waals surface area (Å²) < 4.78 is 0. The molecule has 0 aliphatic carbocycles. The Bertz CT molecular complexity index is 469. The second kappa shape index (κ2) is 8.41. The molecule has 7 nitrogen and oxygen atoms in total. The number of aromatic nitrogens is 2. The number of hydrogen-bond donors (Lipinski definition) is 2. The Morgan fingerprint density at radius 3 is 2.38 bits per heavy atom. The molecular formula is C14H24N4O3. The summed E-state index contributed by atoms with van der Waals surface area (Å²) in [4.78, 5) is 33.6. The Hall–Kier alpha value is -1.89. The van der Waals surface area contributed by atoms with Crippen LogP contribution in [0, 0.1) is 0 Å². The number of amides is 1. The molecule has 1 rings (SSSR count). The van der Waals surface area contributed by atoms with Gasteiger partial charge in [0.15, 0.2) is 11.4 Å². The van der Waals surface area contributed by atoms with Crippen molar-refractivity contribution in [2.45, 2.75) is 27.2 Å². The highest BCUT2D eigenvalue weighted by atomic mass is 16.4. The van der Waals surface area contributed by atoms with Gasteiger partial charge in [-0.15, -0.1) is 0 Å². The van der Waals surface area contributed by atoms with Crippen molar-refractivity contribution in [3.05, 3.63) is 17.7 Å². The molecule has 0 bridgehead atoms. The molecule has 7 heteroatoms. The molecule has 1 heterocycles. The number of nitrogens with zero attached hydrogens (tertiary/aromatic N) is 3. The average Bonchev–Trinajstić information content (AvgIpc) is 2.96. The van der Waals surface area contributed by atoms with Gasteiger partial charge in [-0.3, -0.25) is 4.79 Å². The second-order valence-corrected chi connectivity index (χ2v) is 4.70. The summed E-state index contributed by atoms with van der Waals surface area (Å²) in [5, 5.41) is 9.02. The molecule has 0 aliphatic heterocycles. The fourth-order valence-corrected chi connectivity index (χ4v) is 2.20. The lowest BCUT2D eigenvalue weighted by Crippen LogP contribution is -2.35. The molecule has 0 atom stereocenters. The van der Waals surface area contributed by atoms with Crippen molar-refractivity contribution < 1.29 is 14.7 Å². The molecule has 0 spiro atoms. The Balaban J connectivity index is 2.65. The highest BCUT2D eigenvalue weighted by Gasteiger charge is 2.23. The van der Waals surface area contributed by atoms with Crippen molar-refractivity contribution >= 4 is 11.9 Å². The van der Waals surface area contributed by atoms with Gasteiger partial charge in [-0.25, -0.2) is 9.78 Å². The lowest BCUT2D eigenvalue weighted by Gasteiger charge is -2.23. The highest BCUT2D eigenvalue weighted by Crippen LogP contribution is 2.08. The smallest absolute Gasteiger partial charge is 0.354 e. The number of nitrogens with one attached hydrogen (secondary N) is 1. The van der Waals surface area contributed by atoms with E-state index in [0.717, 1.165) is 26.1 Å². The monoisotopic (exact) mass is 296 g/mol. The fourth-order valence-electron chi connectivity index (χ4n) is 2.20. The van der Waals surface area contributed by atoms with Crippen molar-refractivity contribution in [2.75, 3.05) is 32.7 Å². The van der Waals surface area contributed by atoms with Crippen LogP contribution >= 0.6 is 0 Å². The van der Waals surface area contributed by atoms with Crippen LogP contribution in [0.3, 0.4) is 0 Å². The molecule has 0 saturated carbocycles. The third-order valence-electron chi connectivity index (χ3n) is 3.52. The normalized spacial score (nSPS) is 10.9. The van der Waals surface area contributed by atoms with Crippen molar-refractivity contribution in [3.63, 3.8) is 0 Å². The Kier molecular flexibility index (Phi) is 6.87. The van der Waals surface area contributed by atoms with E-state index in [0.29, 0.717) is 13.1 Å². The van der Waals surface area contributed by atoms with E-state index in [2.05, 4.69) is 28.7 Å². The van der Waals surface area contributed by atoms with E-state index < -0.39 is 5.97 Å². The van der Waals surface area contributed by atoms with Crippen LogP contribution in [-0.2, 0) is 0 Å². The number of aromatic amines is 1. The van der Waals surface area contributed by atoms with Crippen molar-refractivity contribution in [1.82, 2.24) is 19.8 Å². The maximum Gasteiger partial charge on any atom is 0.354 e. The summed E-state index contributed by atoms with van der Waals surface area (Å²) in [6.07, 6.45) is 2.09. The number of hydrogen-bond acceptors (Lipinski definition) is 4. The minimum atomic E-state index is -1.17. The van der Waals surface area contributed by atoms with Crippen LogP contribution in [0.4, 0.5) is 0 Å². The first kappa shape index (κ1) is 17.2. The Labute approximate surface area is 125 Å². The molecule has 0 radical (unpaired) electrons. The third-order valence-corrected chi connectivity index (χ3v) is 3.52. The molecule has 0 unspecified atom stereocenters. The van der Waals surface area contributed by atoms with Gasteiger partial charge in [-0.1, -0.05) is 13.8 Å². The molecular weight excluding hydrogens is 272 g/mol. The first-order chi connectivity index (χ1) is 10.0. The topological polar surface area (TPSA) is 89.5 Å². The van der Waals surface area contributed by atoms with Gasteiger partial charge in [0.1, 0.15) is 0 Å². The number of carboxylic acids is 1. The van der Waals surface area contributed by atoms with Gasteiger partial charge >= 0.3 is 5.97 Å². The first-order valence-electron chi connectivity index (χ1n) is 7.33. The van der Waals surface area contributed by atoms with Crippen LogP contribution < -0.4 is 0 Å². The predicted octanol–water partition coefficient (Wildman–Crippen LogP) is 1.30. The maximum atomic E-state index is 12.3. The van der Waals surface area contributed by atoms with Gasteiger partial charge in [0.2, 0.25) is 0 Å². The van der Waals surface area contributed by atoms with Crippen LogP contribution in [0.25, 0.3) is 0 Å². The quantitative estimate of drug-likeness (QED) is 0.717. The summed E-state index contributed by atoms with van der Waals surface area (Å²) in [5.41, 5.74) is -0.172. The number of rotatable bonds is 9.